The zero-order valence-electron chi connectivity index (χ0n) is 7.18. The van der Waals surface area contributed by atoms with Crippen LogP contribution in [0.15, 0.2) is 0 Å². The molecule has 1 aromatic heterocycles. The minimum absolute atomic E-state index is 0.103. The lowest BCUT2D eigenvalue weighted by Gasteiger charge is -2.02. The lowest BCUT2D eigenvalue weighted by molar-refractivity contribution is -0.390. The lowest BCUT2D eigenvalue weighted by atomic mass is 10.4. The standard InChI is InChI=1S/C6H10N4O2/c1-4(2)9-5(3)6(7-8-9)10(11)12/h4H,1-3H3. The van der Waals surface area contributed by atoms with Crippen LogP contribution in [0.4, 0.5) is 5.82 Å². The van der Waals surface area contributed by atoms with E-state index in [-0.39, 0.29) is 11.9 Å². The van der Waals surface area contributed by atoms with Gasteiger partial charge in [-0.1, -0.05) is 0 Å². The molecule has 6 heteroatoms. The minimum Gasteiger partial charge on any atom is -0.358 e. The summed E-state index contributed by atoms with van der Waals surface area (Å²) in [6.07, 6.45) is 0. The van der Waals surface area contributed by atoms with E-state index in [9.17, 15) is 10.1 Å². The van der Waals surface area contributed by atoms with Gasteiger partial charge in [0.15, 0.2) is 0 Å². The van der Waals surface area contributed by atoms with Crippen molar-refractivity contribution in [3.63, 3.8) is 0 Å². The van der Waals surface area contributed by atoms with Crippen LogP contribution in [0, 0.1) is 17.0 Å². The van der Waals surface area contributed by atoms with E-state index in [1.165, 1.54) is 4.68 Å². The second-order valence-corrected chi connectivity index (χ2v) is 2.79. The number of nitrogens with zero attached hydrogens (tertiary/aromatic N) is 4. The predicted octanol–water partition coefficient (Wildman–Crippen LogP) is 1.08. The van der Waals surface area contributed by atoms with E-state index in [1.807, 2.05) is 13.8 Å². The Morgan fingerprint density at radius 2 is 2.17 bits per heavy atom. The van der Waals surface area contributed by atoms with Crippen molar-refractivity contribution >= 4 is 5.82 Å². The quantitative estimate of drug-likeness (QED) is 0.491. The third-order valence-electron chi connectivity index (χ3n) is 1.57. The van der Waals surface area contributed by atoms with Crippen LogP contribution in [-0.2, 0) is 0 Å². The second-order valence-electron chi connectivity index (χ2n) is 2.79. The van der Waals surface area contributed by atoms with Crippen LogP contribution in [0.5, 0.6) is 0 Å². The Morgan fingerprint density at radius 3 is 2.42 bits per heavy atom. The summed E-state index contributed by atoms with van der Waals surface area (Å²) in [5.74, 6) is -0.163. The average molecular weight is 170 g/mol. The van der Waals surface area contributed by atoms with Crippen molar-refractivity contribution in [2.75, 3.05) is 0 Å². The van der Waals surface area contributed by atoms with Crippen molar-refractivity contribution in [3.8, 4) is 0 Å². The van der Waals surface area contributed by atoms with Gasteiger partial charge >= 0.3 is 5.82 Å². The molecular weight excluding hydrogens is 160 g/mol. The molecule has 0 N–H and O–H groups in total. The topological polar surface area (TPSA) is 73.8 Å². The Balaban J connectivity index is 3.13. The highest BCUT2D eigenvalue weighted by Gasteiger charge is 2.20. The molecule has 1 heterocycles. The fraction of sp³-hybridized carbons (Fsp3) is 0.667. The van der Waals surface area contributed by atoms with Crippen molar-refractivity contribution in [3.05, 3.63) is 15.8 Å². The van der Waals surface area contributed by atoms with Gasteiger partial charge in [-0.2, -0.15) is 0 Å². The van der Waals surface area contributed by atoms with Crippen molar-refractivity contribution in [1.29, 1.82) is 0 Å². The van der Waals surface area contributed by atoms with E-state index < -0.39 is 4.92 Å². The maximum Gasteiger partial charge on any atom is 0.413 e. The van der Waals surface area contributed by atoms with Crippen LogP contribution >= 0.6 is 0 Å². The maximum atomic E-state index is 10.3. The first-order valence-electron chi connectivity index (χ1n) is 3.60. The molecule has 0 amide bonds. The highest BCUT2D eigenvalue weighted by Crippen LogP contribution is 2.15. The van der Waals surface area contributed by atoms with Gasteiger partial charge in [-0.3, -0.25) is 0 Å². The van der Waals surface area contributed by atoms with Crippen molar-refractivity contribution < 1.29 is 4.92 Å². The van der Waals surface area contributed by atoms with Gasteiger partial charge in [0.25, 0.3) is 0 Å². The van der Waals surface area contributed by atoms with Crippen molar-refractivity contribution in [1.82, 2.24) is 15.0 Å². The molecule has 0 saturated carbocycles. The molecule has 12 heavy (non-hydrogen) atoms. The fourth-order valence-electron chi connectivity index (χ4n) is 0.992. The highest BCUT2D eigenvalue weighted by molar-refractivity contribution is 5.22. The molecule has 1 rings (SSSR count). The average Bonchev–Trinajstić information content (AvgIpc) is 2.30. The molecule has 0 saturated heterocycles. The Labute approximate surface area is 69.3 Å². The number of hydrogen-bond acceptors (Lipinski definition) is 4. The van der Waals surface area contributed by atoms with E-state index in [2.05, 4.69) is 10.3 Å². The Bertz CT molecular complexity index is 304. The van der Waals surface area contributed by atoms with E-state index in [4.69, 9.17) is 0 Å². The van der Waals surface area contributed by atoms with Crippen LogP contribution in [0.2, 0.25) is 0 Å². The molecule has 1 aromatic rings. The first kappa shape index (κ1) is 8.63. The summed E-state index contributed by atoms with van der Waals surface area (Å²) in [6.45, 7) is 5.43. The van der Waals surface area contributed by atoms with Gasteiger partial charge in [0.2, 0.25) is 0 Å². The van der Waals surface area contributed by atoms with Crippen LogP contribution in [0.1, 0.15) is 25.6 Å². The molecule has 66 valence electrons. The molecule has 0 atom stereocenters. The number of rotatable bonds is 2. The second kappa shape index (κ2) is 2.88. The van der Waals surface area contributed by atoms with Gasteiger partial charge in [-0.05, 0) is 25.7 Å². The van der Waals surface area contributed by atoms with Crippen molar-refractivity contribution in [2.24, 2.45) is 0 Å². The predicted molar refractivity (Wildman–Crippen MR) is 41.8 cm³/mol. The Kier molecular flexibility index (Phi) is 2.07. The molecule has 0 aliphatic carbocycles. The highest BCUT2D eigenvalue weighted by atomic mass is 16.6. The SMILES string of the molecule is Cc1c([N+](=O)[O-])nnn1C(C)C. The number of nitro groups is 1. The smallest absolute Gasteiger partial charge is 0.358 e. The van der Waals surface area contributed by atoms with E-state index in [1.54, 1.807) is 6.92 Å². The van der Waals surface area contributed by atoms with Crippen LogP contribution in [-0.4, -0.2) is 19.9 Å². The van der Waals surface area contributed by atoms with Gasteiger partial charge in [0.05, 0.1) is 11.3 Å². The zero-order chi connectivity index (χ0) is 9.30. The fourth-order valence-corrected chi connectivity index (χ4v) is 0.992. The van der Waals surface area contributed by atoms with E-state index >= 15 is 0 Å². The summed E-state index contributed by atoms with van der Waals surface area (Å²) in [7, 11) is 0. The first-order chi connectivity index (χ1) is 5.54. The molecule has 0 aliphatic rings. The number of aromatic nitrogens is 3. The molecule has 0 spiro atoms. The summed E-state index contributed by atoms with van der Waals surface area (Å²) in [5, 5.41) is 17.5. The van der Waals surface area contributed by atoms with Crippen LogP contribution < -0.4 is 0 Å². The van der Waals surface area contributed by atoms with E-state index in [0.29, 0.717) is 5.69 Å². The molecule has 0 aliphatic heterocycles. The molecule has 6 nitrogen and oxygen atoms in total. The number of hydrogen-bond donors (Lipinski definition) is 0. The van der Waals surface area contributed by atoms with Gasteiger partial charge in [0, 0.05) is 0 Å². The van der Waals surface area contributed by atoms with Crippen molar-refractivity contribution in [2.45, 2.75) is 26.8 Å². The summed E-state index contributed by atoms with van der Waals surface area (Å²) >= 11 is 0. The zero-order valence-corrected chi connectivity index (χ0v) is 7.18. The van der Waals surface area contributed by atoms with Gasteiger partial charge in [-0.25, -0.2) is 4.68 Å². The molecule has 0 bridgehead atoms. The Hall–Kier alpha value is -1.46. The summed E-state index contributed by atoms with van der Waals surface area (Å²) < 4.78 is 1.53. The minimum atomic E-state index is -0.527. The third-order valence-corrected chi connectivity index (χ3v) is 1.57. The monoisotopic (exact) mass is 170 g/mol. The normalized spacial score (nSPS) is 10.7. The summed E-state index contributed by atoms with van der Waals surface area (Å²) in [5.41, 5.74) is 0.495. The van der Waals surface area contributed by atoms with Gasteiger partial charge in [0.1, 0.15) is 10.8 Å². The molecule has 0 aromatic carbocycles. The Morgan fingerprint density at radius 1 is 1.58 bits per heavy atom. The summed E-state index contributed by atoms with van der Waals surface area (Å²) in [6, 6.07) is 0.103. The largest absolute Gasteiger partial charge is 0.413 e. The van der Waals surface area contributed by atoms with Crippen LogP contribution in [0.25, 0.3) is 0 Å². The first-order valence-corrected chi connectivity index (χ1v) is 3.60. The molecule has 0 fully saturated rings. The van der Waals surface area contributed by atoms with Gasteiger partial charge in [-0.15, -0.1) is 0 Å². The maximum absolute atomic E-state index is 10.3. The molecule has 0 unspecified atom stereocenters. The van der Waals surface area contributed by atoms with Crippen LogP contribution in [0.3, 0.4) is 0 Å². The van der Waals surface area contributed by atoms with E-state index in [0.717, 1.165) is 0 Å². The summed E-state index contributed by atoms with van der Waals surface area (Å²) in [4.78, 5) is 9.82. The third kappa shape index (κ3) is 1.27. The van der Waals surface area contributed by atoms with Gasteiger partial charge < -0.3 is 10.1 Å². The molecular formula is C6H10N4O2. The molecule has 0 radical (unpaired) electrons. The lowest BCUT2D eigenvalue weighted by Crippen LogP contribution is -2.05.